The normalized spacial score (nSPS) is 10.6. The molecule has 2 amide bonds. The molecule has 1 aromatic carbocycles. The van der Waals surface area contributed by atoms with Gasteiger partial charge in [-0.1, -0.05) is 0 Å². The average molecular weight is 402 g/mol. The first-order valence-corrected chi connectivity index (χ1v) is 9.05. The lowest BCUT2D eigenvalue weighted by Gasteiger charge is -2.08. The zero-order valence-electron chi connectivity index (χ0n) is 15.0. The second kappa shape index (κ2) is 8.22. The molecule has 0 unspecified atom stereocenters. The number of hydrogen-bond donors (Lipinski definition) is 2. The van der Waals surface area contributed by atoms with Crippen molar-refractivity contribution in [2.24, 2.45) is 0 Å². The summed E-state index contributed by atoms with van der Waals surface area (Å²) in [5.41, 5.74) is 2.07. The quantitative estimate of drug-likeness (QED) is 0.686. The summed E-state index contributed by atoms with van der Waals surface area (Å²) in [7, 11) is 1.54. The number of carbonyl (C=O) groups excluding carboxylic acids is 2. The van der Waals surface area contributed by atoms with Crippen molar-refractivity contribution < 1.29 is 18.4 Å². The number of benzene rings is 1. The lowest BCUT2D eigenvalue weighted by atomic mass is 10.1. The van der Waals surface area contributed by atoms with Gasteiger partial charge < -0.3 is 10.6 Å². The van der Waals surface area contributed by atoms with Crippen LogP contribution in [0, 0.1) is 18.6 Å². The van der Waals surface area contributed by atoms with Gasteiger partial charge >= 0.3 is 0 Å². The van der Waals surface area contributed by atoms with Gasteiger partial charge in [-0.2, -0.15) is 4.37 Å². The van der Waals surface area contributed by atoms with E-state index in [4.69, 9.17) is 0 Å². The molecule has 2 N–H and O–H groups in total. The van der Waals surface area contributed by atoms with Crippen LogP contribution < -0.4 is 10.6 Å². The van der Waals surface area contributed by atoms with Gasteiger partial charge in [0, 0.05) is 47.6 Å². The minimum Gasteiger partial charge on any atom is -0.355 e. The standard InChI is InChI=1S/C19H16F2N4O2S/c1-10-17(19(27)24-12-3-4-14(20)15(21)8-12)16(28-25-10)9-13-7-11(5-6-23-13)18(26)22-2/h3-8H,9H2,1-2H3,(H,22,26)(H,24,27). The Morgan fingerprint density at radius 1 is 1.11 bits per heavy atom. The van der Waals surface area contributed by atoms with Crippen LogP contribution in [0.1, 0.15) is 37.0 Å². The predicted octanol–water partition coefficient (Wildman–Crippen LogP) is 3.33. The molecule has 0 fully saturated rings. The molecule has 144 valence electrons. The van der Waals surface area contributed by atoms with Crippen LogP contribution in [0.5, 0.6) is 0 Å². The lowest BCUT2D eigenvalue weighted by Crippen LogP contribution is -2.18. The predicted molar refractivity (Wildman–Crippen MR) is 102 cm³/mol. The average Bonchev–Trinajstić information content (AvgIpc) is 3.04. The highest BCUT2D eigenvalue weighted by Gasteiger charge is 2.20. The van der Waals surface area contributed by atoms with Crippen LogP contribution in [-0.4, -0.2) is 28.2 Å². The Kier molecular flexibility index (Phi) is 5.74. The molecule has 0 atom stereocenters. The Morgan fingerprint density at radius 3 is 2.61 bits per heavy atom. The molecule has 0 aliphatic carbocycles. The molecular formula is C19H16F2N4O2S. The second-order valence-corrected chi connectivity index (χ2v) is 6.80. The summed E-state index contributed by atoms with van der Waals surface area (Å²) in [6, 6.07) is 6.37. The highest BCUT2D eigenvalue weighted by molar-refractivity contribution is 7.06. The van der Waals surface area contributed by atoms with E-state index in [1.54, 1.807) is 19.1 Å². The van der Waals surface area contributed by atoms with E-state index in [0.717, 1.165) is 23.7 Å². The van der Waals surface area contributed by atoms with Crippen LogP contribution in [0.4, 0.5) is 14.5 Å². The summed E-state index contributed by atoms with van der Waals surface area (Å²) >= 11 is 1.15. The van der Waals surface area contributed by atoms with E-state index >= 15 is 0 Å². The second-order valence-electron chi connectivity index (χ2n) is 5.94. The molecule has 28 heavy (non-hydrogen) atoms. The summed E-state index contributed by atoms with van der Waals surface area (Å²) in [5.74, 6) is -2.75. The highest BCUT2D eigenvalue weighted by Crippen LogP contribution is 2.23. The molecule has 0 aliphatic rings. The molecular weight excluding hydrogens is 386 g/mol. The summed E-state index contributed by atoms with van der Waals surface area (Å²) in [6.45, 7) is 1.69. The Bertz CT molecular complexity index is 1050. The van der Waals surface area contributed by atoms with Gasteiger partial charge in [-0.05, 0) is 42.7 Å². The maximum atomic E-state index is 13.4. The van der Waals surface area contributed by atoms with E-state index in [-0.39, 0.29) is 11.6 Å². The first-order valence-electron chi connectivity index (χ1n) is 8.27. The van der Waals surface area contributed by atoms with Crippen molar-refractivity contribution in [3.63, 3.8) is 0 Å². The summed E-state index contributed by atoms with van der Waals surface area (Å²) in [6.07, 6.45) is 1.83. The van der Waals surface area contributed by atoms with Crippen molar-refractivity contribution in [3.05, 3.63) is 75.6 Å². The first-order chi connectivity index (χ1) is 13.4. The molecule has 6 nitrogen and oxygen atoms in total. The zero-order chi connectivity index (χ0) is 20.3. The Morgan fingerprint density at radius 2 is 1.89 bits per heavy atom. The number of hydrogen-bond acceptors (Lipinski definition) is 5. The molecule has 3 rings (SSSR count). The molecule has 2 aromatic heterocycles. The van der Waals surface area contributed by atoms with Crippen LogP contribution in [0.3, 0.4) is 0 Å². The third-order valence-corrected chi connectivity index (χ3v) is 4.92. The maximum Gasteiger partial charge on any atom is 0.258 e. The van der Waals surface area contributed by atoms with E-state index in [2.05, 4.69) is 20.0 Å². The van der Waals surface area contributed by atoms with Gasteiger partial charge in [-0.15, -0.1) is 0 Å². The van der Waals surface area contributed by atoms with Crippen molar-refractivity contribution in [1.82, 2.24) is 14.7 Å². The fourth-order valence-corrected chi connectivity index (χ4v) is 3.50. The van der Waals surface area contributed by atoms with Gasteiger partial charge in [0.1, 0.15) is 0 Å². The Hall–Kier alpha value is -3.20. The van der Waals surface area contributed by atoms with Gasteiger partial charge in [0.15, 0.2) is 11.6 Å². The van der Waals surface area contributed by atoms with E-state index in [1.807, 2.05) is 0 Å². The summed E-state index contributed by atoms with van der Waals surface area (Å²) in [4.78, 5) is 29.4. The smallest absolute Gasteiger partial charge is 0.258 e. The highest BCUT2D eigenvalue weighted by atomic mass is 32.1. The first kappa shape index (κ1) is 19.6. The van der Waals surface area contributed by atoms with Gasteiger partial charge in [0.2, 0.25) is 0 Å². The zero-order valence-corrected chi connectivity index (χ0v) is 15.9. The molecule has 0 saturated heterocycles. The number of halogens is 2. The fourth-order valence-electron chi connectivity index (χ4n) is 2.62. The monoisotopic (exact) mass is 402 g/mol. The van der Waals surface area contributed by atoms with E-state index in [1.165, 1.54) is 19.3 Å². The minimum absolute atomic E-state index is 0.139. The van der Waals surface area contributed by atoms with Crippen LogP contribution in [-0.2, 0) is 6.42 Å². The number of rotatable bonds is 5. The number of nitrogens with zero attached hydrogens (tertiary/aromatic N) is 2. The summed E-state index contributed by atoms with van der Waals surface area (Å²) < 4.78 is 30.7. The third-order valence-electron chi connectivity index (χ3n) is 3.99. The largest absolute Gasteiger partial charge is 0.355 e. The van der Waals surface area contributed by atoms with Gasteiger partial charge in [-0.3, -0.25) is 14.6 Å². The Labute approximate surface area is 163 Å². The molecule has 2 heterocycles. The maximum absolute atomic E-state index is 13.4. The van der Waals surface area contributed by atoms with Crippen LogP contribution in [0.25, 0.3) is 0 Å². The van der Waals surface area contributed by atoms with Crippen LogP contribution in [0.15, 0.2) is 36.5 Å². The van der Waals surface area contributed by atoms with Gasteiger partial charge in [0.25, 0.3) is 11.8 Å². The number of aromatic nitrogens is 2. The van der Waals surface area contributed by atoms with Crippen LogP contribution in [0.2, 0.25) is 0 Å². The van der Waals surface area contributed by atoms with Crippen molar-refractivity contribution in [2.45, 2.75) is 13.3 Å². The van der Waals surface area contributed by atoms with E-state index in [9.17, 15) is 18.4 Å². The topological polar surface area (TPSA) is 84.0 Å². The molecule has 9 heteroatoms. The van der Waals surface area contributed by atoms with E-state index in [0.29, 0.717) is 33.8 Å². The number of amides is 2. The summed E-state index contributed by atoms with van der Waals surface area (Å²) in [5, 5.41) is 5.10. The van der Waals surface area contributed by atoms with Gasteiger partial charge in [-0.25, -0.2) is 8.78 Å². The number of aryl methyl sites for hydroxylation is 1. The van der Waals surface area contributed by atoms with E-state index < -0.39 is 17.5 Å². The molecule has 0 spiro atoms. The van der Waals surface area contributed by atoms with Crippen molar-refractivity contribution >= 4 is 29.0 Å². The molecule has 0 bridgehead atoms. The number of nitrogens with one attached hydrogen (secondary N) is 2. The van der Waals surface area contributed by atoms with Crippen LogP contribution >= 0.6 is 11.5 Å². The number of anilines is 1. The van der Waals surface area contributed by atoms with Gasteiger partial charge in [0.05, 0.1) is 11.3 Å². The molecule has 0 aliphatic heterocycles. The molecule has 3 aromatic rings. The third kappa shape index (κ3) is 4.20. The minimum atomic E-state index is -1.05. The van der Waals surface area contributed by atoms with Crippen molar-refractivity contribution in [1.29, 1.82) is 0 Å². The Balaban J connectivity index is 1.84. The van der Waals surface area contributed by atoms with Crippen molar-refractivity contribution in [2.75, 3.05) is 12.4 Å². The SMILES string of the molecule is CNC(=O)c1ccnc(Cc2snc(C)c2C(=O)Nc2ccc(F)c(F)c2)c1. The molecule has 0 radical (unpaired) electrons. The van der Waals surface area contributed by atoms with Crippen molar-refractivity contribution in [3.8, 4) is 0 Å². The lowest BCUT2D eigenvalue weighted by molar-refractivity contribution is 0.0961. The molecule has 0 saturated carbocycles. The fraction of sp³-hybridized carbons (Fsp3) is 0.158. The number of pyridine rings is 1. The number of carbonyl (C=O) groups is 2.